The number of ether oxygens (including phenoxy) is 1. The summed E-state index contributed by atoms with van der Waals surface area (Å²) in [5.74, 6) is -0.287. The molecule has 0 aliphatic heterocycles. The average molecular weight is 261 g/mol. The Balaban J connectivity index is 2.35. The summed E-state index contributed by atoms with van der Waals surface area (Å²) in [6.45, 7) is 0. The lowest BCUT2D eigenvalue weighted by Gasteiger charge is -2.07. The first-order valence-corrected chi connectivity index (χ1v) is 6.03. The van der Waals surface area contributed by atoms with E-state index in [0.717, 1.165) is 0 Å². The maximum absolute atomic E-state index is 11.6. The molecule has 0 saturated heterocycles. The monoisotopic (exact) mass is 261 g/mol. The average Bonchev–Trinajstić information content (AvgIpc) is 2.41. The number of rotatable bonds is 3. The molecule has 2 aromatic rings. The fourth-order valence-corrected chi connectivity index (χ4v) is 2.29. The predicted molar refractivity (Wildman–Crippen MR) is 67.8 cm³/mol. The van der Waals surface area contributed by atoms with Crippen LogP contribution in [-0.4, -0.2) is 23.2 Å². The number of nitrogens with zero attached hydrogens (tertiary/aromatic N) is 1. The number of benzene rings is 1. The zero-order valence-electron chi connectivity index (χ0n) is 9.66. The number of methoxy groups -OCH3 is 1. The molecular weight excluding hydrogens is 250 g/mol. The number of hydrogen-bond acceptors (Lipinski definition) is 5. The Morgan fingerprint density at radius 2 is 2.06 bits per heavy atom. The number of esters is 1. The van der Waals surface area contributed by atoms with Gasteiger partial charge in [0.05, 0.1) is 17.6 Å². The quantitative estimate of drug-likeness (QED) is 0.861. The van der Waals surface area contributed by atoms with Crippen molar-refractivity contribution in [3.8, 4) is 5.75 Å². The Morgan fingerprint density at radius 3 is 2.78 bits per heavy atom. The maximum Gasteiger partial charge on any atom is 0.340 e. The number of carbonyl (C=O) groups is 1. The molecule has 1 heterocycles. The van der Waals surface area contributed by atoms with Crippen molar-refractivity contribution in [1.82, 2.24) is 4.98 Å². The number of pyridine rings is 1. The van der Waals surface area contributed by atoms with Crippen molar-refractivity contribution < 1.29 is 14.6 Å². The van der Waals surface area contributed by atoms with Crippen LogP contribution < -0.4 is 0 Å². The summed E-state index contributed by atoms with van der Waals surface area (Å²) in [7, 11) is 1.32. The molecule has 0 aliphatic carbocycles. The molecule has 5 heteroatoms. The molecule has 0 fully saturated rings. The van der Waals surface area contributed by atoms with Gasteiger partial charge in [-0.2, -0.15) is 0 Å². The van der Waals surface area contributed by atoms with E-state index in [0.29, 0.717) is 15.5 Å². The standard InChI is InChI=1S/C13H11NO3S/c1-17-13(16)9-5-4-8-14-12(9)18-11-7-3-2-6-10(11)15/h2-8,15H,1H3. The summed E-state index contributed by atoms with van der Waals surface area (Å²) in [5.41, 5.74) is 0.383. The third-order valence-electron chi connectivity index (χ3n) is 2.25. The zero-order valence-corrected chi connectivity index (χ0v) is 10.5. The van der Waals surface area contributed by atoms with Crippen LogP contribution in [0, 0.1) is 0 Å². The highest BCUT2D eigenvalue weighted by atomic mass is 32.2. The van der Waals surface area contributed by atoms with Gasteiger partial charge in [0.1, 0.15) is 10.8 Å². The van der Waals surface area contributed by atoms with Gasteiger partial charge in [0.25, 0.3) is 0 Å². The second kappa shape index (κ2) is 5.55. The minimum Gasteiger partial charge on any atom is -0.507 e. The van der Waals surface area contributed by atoms with Crippen LogP contribution in [0.5, 0.6) is 5.75 Å². The van der Waals surface area contributed by atoms with Crippen LogP contribution in [0.4, 0.5) is 0 Å². The molecular formula is C13H11NO3S. The molecule has 1 aromatic carbocycles. The molecule has 2 rings (SSSR count). The minimum atomic E-state index is -0.443. The van der Waals surface area contributed by atoms with Gasteiger partial charge in [0.15, 0.2) is 0 Å². The van der Waals surface area contributed by atoms with Crippen molar-refractivity contribution in [2.75, 3.05) is 7.11 Å². The van der Waals surface area contributed by atoms with E-state index in [-0.39, 0.29) is 5.75 Å². The Kier molecular flexibility index (Phi) is 3.84. The number of aromatic hydroxyl groups is 1. The molecule has 0 bridgehead atoms. The Bertz CT molecular complexity index is 572. The molecule has 1 N–H and O–H groups in total. The fraction of sp³-hybridized carbons (Fsp3) is 0.0769. The van der Waals surface area contributed by atoms with Crippen molar-refractivity contribution in [2.45, 2.75) is 9.92 Å². The smallest absolute Gasteiger partial charge is 0.340 e. The number of phenolic OH excluding ortho intramolecular Hbond substituents is 1. The van der Waals surface area contributed by atoms with Crippen LogP contribution in [0.2, 0.25) is 0 Å². The van der Waals surface area contributed by atoms with Gasteiger partial charge in [-0.15, -0.1) is 0 Å². The van der Waals surface area contributed by atoms with Crippen molar-refractivity contribution in [3.05, 3.63) is 48.2 Å². The first kappa shape index (κ1) is 12.4. The third-order valence-corrected chi connectivity index (χ3v) is 3.33. The van der Waals surface area contributed by atoms with Gasteiger partial charge in [-0.1, -0.05) is 23.9 Å². The maximum atomic E-state index is 11.6. The van der Waals surface area contributed by atoms with E-state index in [2.05, 4.69) is 4.98 Å². The van der Waals surface area contributed by atoms with Gasteiger partial charge in [0.2, 0.25) is 0 Å². The van der Waals surface area contributed by atoms with Crippen molar-refractivity contribution in [3.63, 3.8) is 0 Å². The lowest BCUT2D eigenvalue weighted by molar-refractivity contribution is 0.0596. The fourth-order valence-electron chi connectivity index (χ4n) is 1.39. The first-order valence-electron chi connectivity index (χ1n) is 5.21. The summed E-state index contributed by atoms with van der Waals surface area (Å²) in [6.07, 6.45) is 1.59. The molecule has 0 atom stereocenters. The Labute approximate surface area is 109 Å². The van der Waals surface area contributed by atoms with Crippen LogP contribution in [0.1, 0.15) is 10.4 Å². The number of phenols is 1. The van der Waals surface area contributed by atoms with Crippen LogP contribution in [-0.2, 0) is 4.74 Å². The molecule has 0 spiro atoms. The lowest BCUT2D eigenvalue weighted by atomic mass is 10.3. The molecule has 18 heavy (non-hydrogen) atoms. The largest absolute Gasteiger partial charge is 0.507 e. The molecule has 4 nitrogen and oxygen atoms in total. The van der Waals surface area contributed by atoms with E-state index >= 15 is 0 Å². The zero-order chi connectivity index (χ0) is 13.0. The van der Waals surface area contributed by atoms with Gasteiger partial charge in [-0.25, -0.2) is 9.78 Å². The van der Waals surface area contributed by atoms with Crippen molar-refractivity contribution >= 4 is 17.7 Å². The second-order valence-corrected chi connectivity index (χ2v) is 4.45. The SMILES string of the molecule is COC(=O)c1cccnc1Sc1ccccc1O. The molecule has 0 unspecified atom stereocenters. The number of para-hydroxylation sites is 1. The van der Waals surface area contributed by atoms with Gasteiger partial charge in [-0.3, -0.25) is 0 Å². The van der Waals surface area contributed by atoms with Crippen LogP contribution in [0.15, 0.2) is 52.5 Å². The lowest BCUT2D eigenvalue weighted by Crippen LogP contribution is -2.03. The third kappa shape index (κ3) is 2.62. The highest BCUT2D eigenvalue weighted by Gasteiger charge is 2.14. The number of hydrogen-bond donors (Lipinski definition) is 1. The van der Waals surface area contributed by atoms with Gasteiger partial charge in [0, 0.05) is 6.20 Å². The van der Waals surface area contributed by atoms with Crippen molar-refractivity contribution in [2.24, 2.45) is 0 Å². The summed E-state index contributed by atoms with van der Waals surface area (Å²) in [6, 6.07) is 10.2. The van der Waals surface area contributed by atoms with Gasteiger partial charge in [-0.05, 0) is 24.3 Å². The van der Waals surface area contributed by atoms with Gasteiger partial charge >= 0.3 is 5.97 Å². The van der Waals surface area contributed by atoms with E-state index in [1.165, 1.54) is 18.9 Å². The second-order valence-electron chi connectivity index (χ2n) is 3.42. The number of carbonyl (C=O) groups excluding carboxylic acids is 1. The molecule has 0 saturated carbocycles. The first-order chi connectivity index (χ1) is 8.72. The van der Waals surface area contributed by atoms with Crippen LogP contribution >= 0.6 is 11.8 Å². The van der Waals surface area contributed by atoms with E-state index in [1.54, 1.807) is 36.5 Å². The Hall–Kier alpha value is -2.01. The topological polar surface area (TPSA) is 59.4 Å². The van der Waals surface area contributed by atoms with Crippen molar-refractivity contribution in [1.29, 1.82) is 0 Å². The highest BCUT2D eigenvalue weighted by molar-refractivity contribution is 7.99. The van der Waals surface area contributed by atoms with E-state index in [4.69, 9.17) is 4.74 Å². The summed E-state index contributed by atoms with van der Waals surface area (Å²) < 4.78 is 4.69. The van der Waals surface area contributed by atoms with E-state index in [9.17, 15) is 9.90 Å². The number of aromatic nitrogens is 1. The Morgan fingerprint density at radius 1 is 1.28 bits per heavy atom. The molecule has 1 aromatic heterocycles. The minimum absolute atomic E-state index is 0.156. The van der Waals surface area contributed by atoms with Crippen LogP contribution in [0.25, 0.3) is 0 Å². The van der Waals surface area contributed by atoms with Gasteiger partial charge < -0.3 is 9.84 Å². The molecule has 0 radical (unpaired) electrons. The van der Waals surface area contributed by atoms with E-state index < -0.39 is 5.97 Å². The molecule has 0 amide bonds. The normalized spacial score (nSPS) is 10.1. The molecule has 92 valence electrons. The highest BCUT2D eigenvalue weighted by Crippen LogP contribution is 2.34. The summed E-state index contributed by atoms with van der Waals surface area (Å²) in [5, 5.41) is 10.2. The van der Waals surface area contributed by atoms with E-state index in [1.807, 2.05) is 6.07 Å². The summed E-state index contributed by atoms with van der Waals surface area (Å²) in [4.78, 5) is 16.3. The van der Waals surface area contributed by atoms with Crippen LogP contribution in [0.3, 0.4) is 0 Å². The molecule has 0 aliphatic rings. The summed E-state index contributed by atoms with van der Waals surface area (Å²) >= 11 is 1.22. The predicted octanol–water partition coefficient (Wildman–Crippen LogP) is 2.73.